The number of hydroxylamine groups is 2. The van der Waals surface area contributed by atoms with Crippen LogP contribution in [0.4, 0.5) is 13.2 Å². The molecule has 1 aliphatic heterocycles. The Hall–Kier alpha value is -1.11. The third kappa shape index (κ3) is 2.92. The number of carbonyl (C=O) groups excluding carboxylic acids is 2. The van der Waals surface area contributed by atoms with Gasteiger partial charge in [-0.3, -0.25) is 4.79 Å². The molecule has 7 heteroatoms. The van der Waals surface area contributed by atoms with Gasteiger partial charge in [0.2, 0.25) is 0 Å². The highest BCUT2D eigenvalue weighted by molar-refractivity contribution is 5.82. The topological polar surface area (TPSA) is 46.6 Å². The van der Waals surface area contributed by atoms with Gasteiger partial charge in [-0.2, -0.15) is 13.2 Å². The van der Waals surface area contributed by atoms with Crippen molar-refractivity contribution < 1.29 is 27.6 Å². The van der Waals surface area contributed by atoms with Gasteiger partial charge < -0.3 is 4.84 Å². The van der Waals surface area contributed by atoms with Crippen molar-refractivity contribution in [2.75, 3.05) is 6.54 Å². The molecule has 0 N–H and O–H groups in total. The second-order valence-electron chi connectivity index (χ2n) is 3.29. The van der Waals surface area contributed by atoms with Crippen LogP contribution < -0.4 is 0 Å². The van der Waals surface area contributed by atoms with E-state index in [2.05, 4.69) is 4.84 Å². The third-order valence-corrected chi connectivity index (χ3v) is 2.10. The van der Waals surface area contributed by atoms with Crippen LogP contribution in [0.2, 0.25) is 0 Å². The van der Waals surface area contributed by atoms with Gasteiger partial charge in [-0.1, -0.05) is 0 Å². The summed E-state index contributed by atoms with van der Waals surface area (Å²) in [6.45, 7) is 1.41. The highest BCUT2D eigenvalue weighted by atomic mass is 19.4. The van der Waals surface area contributed by atoms with Crippen LogP contribution in [0.15, 0.2) is 0 Å². The van der Waals surface area contributed by atoms with Crippen LogP contribution in [0, 0.1) is 0 Å². The summed E-state index contributed by atoms with van der Waals surface area (Å²) in [7, 11) is 0. The van der Waals surface area contributed by atoms with Crippen LogP contribution in [0.1, 0.15) is 19.8 Å². The van der Waals surface area contributed by atoms with Gasteiger partial charge in [0.1, 0.15) is 11.8 Å². The van der Waals surface area contributed by atoms with Crippen LogP contribution in [-0.4, -0.2) is 35.6 Å². The van der Waals surface area contributed by atoms with E-state index in [-0.39, 0.29) is 12.3 Å². The SMILES string of the molecule is CC(=O)[C@@H]1CCCN1OC(=O)C(F)(F)F. The van der Waals surface area contributed by atoms with Gasteiger partial charge in [-0.05, 0) is 19.8 Å². The van der Waals surface area contributed by atoms with Gasteiger partial charge in [0.15, 0.2) is 0 Å². The molecule has 0 radical (unpaired) electrons. The molecular formula is C8H10F3NO3. The first kappa shape index (κ1) is 12.0. The van der Waals surface area contributed by atoms with Crippen LogP contribution in [-0.2, 0) is 14.4 Å². The van der Waals surface area contributed by atoms with Gasteiger partial charge in [-0.25, -0.2) is 4.79 Å². The quantitative estimate of drug-likeness (QED) is 0.705. The zero-order valence-corrected chi connectivity index (χ0v) is 8.00. The second kappa shape index (κ2) is 4.18. The van der Waals surface area contributed by atoms with Crippen molar-refractivity contribution in [3.8, 4) is 0 Å². The molecule has 0 amide bonds. The molecule has 0 aromatic carbocycles. The Kier molecular flexibility index (Phi) is 3.33. The largest absolute Gasteiger partial charge is 0.492 e. The number of alkyl halides is 3. The Bertz CT molecular complexity index is 277. The zero-order valence-electron chi connectivity index (χ0n) is 8.00. The Labute approximate surface area is 83.9 Å². The standard InChI is InChI=1S/C8H10F3NO3/c1-5(13)6-3-2-4-12(6)15-7(14)8(9,10)11/h6H,2-4H2,1H3/t6-/m0/s1. The van der Waals surface area contributed by atoms with Crippen molar-refractivity contribution in [1.29, 1.82) is 0 Å². The number of ketones is 1. The van der Waals surface area contributed by atoms with E-state index in [9.17, 15) is 22.8 Å². The van der Waals surface area contributed by atoms with Crippen molar-refractivity contribution >= 4 is 11.8 Å². The lowest BCUT2D eigenvalue weighted by Crippen LogP contribution is -2.40. The molecule has 4 nitrogen and oxygen atoms in total. The first-order chi connectivity index (χ1) is 6.82. The van der Waals surface area contributed by atoms with Crippen LogP contribution >= 0.6 is 0 Å². The summed E-state index contributed by atoms with van der Waals surface area (Å²) in [4.78, 5) is 25.6. The van der Waals surface area contributed by atoms with E-state index in [1.165, 1.54) is 6.92 Å². The fraction of sp³-hybridized carbons (Fsp3) is 0.750. The third-order valence-electron chi connectivity index (χ3n) is 2.10. The lowest BCUT2D eigenvalue weighted by Gasteiger charge is -2.21. The van der Waals surface area contributed by atoms with E-state index in [1.54, 1.807) is 0 Å². The van der Waals surface area contributed by atoms with Gasteiger partial charge in [0.05, 0.1) is 0 Å². The second-order valence-corrected chi connectivity index (χ2v) is 3.29. The molecule has 0 aromatic rings. The molecule has 0 unspecified atom stereocenters. The fourth-order valence-corrected chi connectivity index (χ4v) is 1.41. The Balaban J connectivity index is 2.58. The molecule has 0 bridgehead atoms. The van der Waals surface area contributed by atoms with Gasteiger partial charge in [0, 0.05) is 6.54 Å². The first-order valence-electron chi connectivity index (χ1n) is 4.38. The minimum absolute atomic E-state index is 0.159. The summed E-state index contributed by atoms with van der Waals surface area (Å²) in [5.74, 6) is -2.59. The van der Waals surface area contributed by atoms with E-state index in [0.717, 1.165) is 5.06 Å². The van der Waals surface area contributed by atoms with Crippen molar-refractivity contribution in [3.05, 3.63) is 0 Å². The van der Waals surface area contributed by atoms with Crippen molar-refractivity contribution in [1.82, 2.24) is 5.06 Å². The maximum absolute atomic E-state index is 11.8. The number of nitrogens with zero attached hydrogens (tertiary/aromatic N) is 1. The summed E-state index contributed by atoms with van der Waals surface area (Å²) in [5.41, 5.74) is 0. The van der Waals surface area contributed by atoms with Gasteiger partial charge in [-0.15, -0.1) is 5.06 Å². The number of halogens is 3. The maximum atomic E-state index is 11.8. The molecule has 86 valence electrons. The lowest BCUT2D eigenvalue weighted by atomic mass is 10.2. The molecule has 0 aromatic heterocycles. The fourth-order valence-electron chi connectivity index (χ4n) is 1.41. The predicted molar refractivity (Wildman–Crippen MR) is 42.6 cm³/mol. The molecule has 1 saturated heterocycles. The van der Waals surface area contributed by atoms with E-state index >= 15 is 0 Å². The van der Waals surface area contributed by atoms with E-state index in [1.807, 2.05) is 0 Å². The molecular weight excluding hydrogens is 215 g/mol. The van der Waals surface area contributed by atoms with Gasteiger partial charge in [0.25, 0.3) is 0 Å². The molecule has 1 rings (SSSR count). The predicted octanol–water partition coefficient (Wildman–Crippen LogP) is 1.06. The number of Topliss-reactive ketones (excluding diaryl/α,β-unsaturated/α-hetero) is 1. The summed E-state index contributed by atoms with van der Waals surface area (Å²) in [5, 5.41) is 0.804. The monoisotopic (exact) mass is 225 g/mol. The number of hydrogen-bond donors (Lipinski definition) is 0. The number of hydrogen-bond acceptors (Lipinski definition) is 4. The van der Waals surface area contributed by atoms with Crippen LogP contribution in [0.3, 0.4) is 0 Å². The average molecular weight is 225 g/mol. The lowest BCUT2D eigenvalue weighted by molar-refractivity contribution is -0.240. The summed E-state index contributed by atoms with van der Waals surface area (Å²) in [6, 6.07) is -0.740. The molecule has 0 saturated carbocycles. The van der Waals surface area contributed by atoms with E-state index < -0.39 is 18.2 Å². The Morgan fingerprint density at radius 1 is 1.40 bits per heavy atom. The van der Waals surface area contributed by atoms with E-state index in [4.69, 9.17) is 0 Å². The van der Waals surface area contributed by atoms with Crippen LogP contribution in [0.5, 0.6) is 0 Å². The number of rotatable bonds is 2. The summed E-state index contributed by atoms with van der Waals surface area (Å²) in [6.07, 6.45) is -4.07. The maximum Gasteiger partial charge on any atom is 0.492 e. The van der Waals surface area contributed by atoms with Crippen molar-refractivity contribution in [2.24, 2.45) is 0 Å². The van der Waals surface area contributed by atoms with E-state index in [0.29, 0.717) is 12.8 Å². The molecule has 0 spiro atoms. The molecule has 0 aliphatic carbocycles. The summed E-state index contributed by atoms with van der Waals surface area (Å²) >= 11 is 0. The highest BCUT2D eigenvalue weighted by Gasteiger charge is 2.44. The van der Waals surface area contributed by atoms with Crippen molar-refractivity contribution in [3.63, 3.8) is 0 Å². The minimum atomic E-state index is -5.02. The Morgan fingerprint density at radius 2 is 2.00 bits per heavy atom. The zero-order chi connectivity index (χ0) is 11.6. The van der Waals surface area contributed by atoms with Gasteiger partial charge >= 0.3 is 12.1 Å². The highest BCUT2D eigenvalue weighted by Crippen LogP contribution is 2.22. The summed E-state index contributed by atoms with van der Waals surface area (Å²) < 4.78 is 35.5. The molecule has 1 atom stereocenters. The molecule has 1 heterocycles. The molecule has 15 heavy (non-hydrogen) atoms. The molecule has 1 fully saturated rings. The normalized spacial score (nSPS) is 22.8. The Morgan fingerprint density at radius 3 is 2.47 bits per heavy atom. The molecule has 1 aliphatic rings. The minimum Gasteiger partial charge on any atom is -0.360 e. The first-order valence-corrected chi connectivity index (χ1v) is 4.38. The average Bonchev–Trinajstić information content (AvgIpc) is 2.50. The van der Waals surface area contributed by atoms with Crippen LogP contribution in [0.25, 0.3) is 0 Å². The van der Waals surface area contributed by atoms with Crippen molar-refractivity contribution in [2.45, 2.75) is 32.0 Å². The smallest absolute Gasteiger partial charge is 0.360 e. The number of carbonyl (C=O) groups is 2.